The first-order chi connectivity index (χ1) is 22.8. The number of benzene rings is 6. The van der Waals surface area contributed by atoms with Gasteiger partial charge in [-0.3, -0.25) is 9.13 Å². The zero-order valence-electron chi connectivity index (χ0n) is 25.0. The number of fused-ring (bicyclic) bond motifs is 4. The molecule has 0 amide bonds. The first kappa shape index (κ1) is 26.2. The molecule has 0 unspecified atom stereocenters. The molecule has 0 aliphatic rings. The number of imidazole rings is 1. The lowest BCUT2D eigenvalue weighted by Gasteiger charge is -2.16. The van der Waals surface area contributed by atoms with Gasteiger partial charge in [0.2, 0.25) is 5.95 Å². The molecule has 9 aromatic rings. The van der Waals surface area contributed by atoms with Crippen LogP contribution in [0.1, 0.15) is 0 Å². The molecule has 0 fully saturated rings. The maximum absolute atomic E-state index is 5.53. The molecule has 4 heteroatoms. The molecule has 9 rings (SSSR count). The van der Waals surface area contributed by atoms with Gasteiger partial charge >= 0.3 is 0 Å². The Bertz CT molecular complexity index is 2470. The van der Waals surface area contributed by atoms with Crippen molar-refractivity contribution >= 4 is 33.0 Å². The highest BCUT2D eigenvalue weighted by atomic mass is 15.3. The summed E-state index contributed by atoms with van der Waals surface area (Å²) in [5.74, 6) is 0.801. The molecular weight excluding hydrogens is 560 g/mol. The first-order valence-electron chi connectivity index (χ1n) is 15.5. The number of rotatable bonds is 5. The summed E-state index contributed by atoms with van der Waals surface area (Å²) >= 11 is 0. The van der Waals surface area contributed by atoms with Crippen LogP contribution < -0.4 is 0 Å². The van der Waals surface area contributed by atoms with Crippen LogP contribution in [0.5, 0.6) is 0 Å². The quantitative estimate of drug-likeness (QED) is 0.200. The summed E-state index contributed by atoms with van der Waals surface area (Å²) in [4.78, 5) is 10.4. The molecule has 0 radical (unpaired) electrons. The fourth-order valence-electron chi connectivity index (χ4n) is 6.73. The fraction of sp³-hybridized carbons (Fsp3) is 0. The van der Waals surface area contributed by atoms with Crippen molar-refractivity contribution in [2.75, 3.05) is 0 Å². The topological polar surface area (TPSA) is 35.6 Å². The highest BCUT2D eigenvalue weighted by Crippen LogP contribution is 2.39. The van der Waals surface area contributed by atoms with Gasteiger partial charge < -0.3 is 0 Å². The van der Waals surface area contributed by atoms with E-state index in [1.807, 2.05) is 12.3 Å². The van der Waals surface area contributed by atoms with E-state index in [2.05, 4.69) is 167 Å². The number of aromatic nitrogens is 4. The molecule has 0 spiro atoms. The summed E-state index contributed by atoms with van der Waals surface area (Å²) < 4.78 is 4.53. The Labute approximate surface area is 266 Å². The summed E-state index contributed by atoms with van der Waals surface area (Å²) in [6.07, 6.45) is 1.86. The predicted octanol–water partition coefficient (Wildman–Crippen LogP) is 10.5. The van der Waals surface area contributed by atoms with E-state index < -0.39 is 0 Å². The van der Waals surface area contributed by atoms with Crippen molar-refractivity contribution in [3.63, 3.8) is 0 Å². The monoisotopic (exact) mass is 588 g/mol. The highest BCUT2D eigenvalue weighted by Gasteiger charge is 2.23. The number of para-hydroxylation sites is 3. The molecule has 3 heterocycles. The summed E-state index contributed by atoms with van der Waals surface area (Å²) in [7, 11) is 0. The zero-order valence-corrected chi connectivity index (χ0v) is 25.0. The van der Waals surface area contributed by atoms with E-state index in [9.17, 15) is 0 Å². The van der Waals surface area contributed by atoms with Crippen molar-refractivity contribution in [2.24, 2.45) is 0 Å². The molecule has 0 bridgehead atoms. The molecule has 46 heavy (non-hydrogen) atoms. The normalized spacial score (nSPS) is 11.5. The van der Waals surface area contributed by atoms with Crippen molar-refractivity contribution in [3.8, 4) is 45.0 Å². The van der Waals surface area contributed by atoms with E-state index >= 15 is 0 Å². The summed E-state index contributed by atoms with van der Waals surface area (Å²) in [6.45, 7) is 0. The Morgan fingerprint density at radius 3 is 1.91 bits per heavy atom. The number of pyridine rings is 1. The van der Waals surface area contributed by atoms with Crippen molar-refractivity contribution in [2.45, 2.75) is 0 Å². The zero-order chi connectivity index (χ0) is 30.5. The second-order valence-corrected chi connectivity index (χ2v) is 11.5. The Hall–Kier alpha value is -6.26. The highest BCUT2D eigenvalue weighted by molar-refractivity contribution is 6.08. The van der Waals surface area contributed by atoms with E-state index in [-0.39, 0.29) is 0 Å². The van der Waals surface area contributed by atoms with Crippen molar-refractivity contribution in [3.05, 3.63) is 170 Å². The lowest BCUT2D eigenvalue weighted by atomic mass is 9.98. The van der Waals surface area contributed by atoms with Gasteiger partial charge in [0.25, 0.3) is 0 Å². The Kier molecular flexibility index (Phi) is 6.10. The average molecular weight is 589 g/mol. The molecule has 0 aliphatic carbocycles. The summed E-state index contributed by atoms with van der Waals surface area (Å²) in [5.41, 5.74) is 11.8. The SMILES string of the molecule is c1ccc(-c2cccc(-c3cccc4c3nc(-n3c5ccccc5c5cccnc53)n4-c3ccccc3-c3ccccc3)c2)cc1. The van der Waals surface area contributed by atoms with Crippen LogP contribution in [0.15, 0.2) is 170 Å². The Morgan fingerprint density at radius 2 is 1.04 bits per heavy atom. The third-order valence-electron chi connectivity index (χ3n) is 8.81. The molecule has 3 aromatic heterocycles. The molecule has 0 aliphatic heterocycles. The van der Waals surface area contributed by atoms with Crippen molar-refractivity contribution in [1.29, 1.82) is 0 Å². The van der Waals surface area contributed by atoms with E-state index in [1.54, 1.807) is 0 Å². The second-order valence-electron chi connectivity index (χ2n) is 11.5. The molecule has 0 N–H and O–H groups in total. The molecule has 6 aromatic carbocycles. The lowest BCUT2D eigenvalue weighted by Crippen LogP contribution is -2.07. The summed E-state index contributed by atoms with van der Waals surface area (Å²) in [5, 5.41) is 2.25. The van der Waals surface area contributed by atoms with E-state index in [1.165, 1.54) is 11.1 Å². The predicted molar refractivity (Wildman–Crippen MR) is 190 cm³/mol. The molecule has 216 valence electrons. The molecule has 4 nitrogen and oxygen atoms in total. The van der Waals surface area contributed by atoms with Gasteiger partial charge in [-0.25, -0.2) is 9.97 Å². The van der Waals surface area contributed by atoms with Crippen LogP contribution in [0.2, 0.25) is 0 Å². The van der Waals surface area contributed by atoms with Gasteiger partial charge in [0.05, 0.1) is 22.2 Å². The lowest BCUT2D eigenvalue weighted by molar-refractivity contribution is 0.946. The van der Waals surface area contributed by atoms with Crippen LogP contribution in [-0.2, 0) is 0 Å². The first-order valence-corrected chi connectivity index (χ1v) is 15.5. The largest absolute Gasteiger partial charge is 0.277 e. The standard InChI is InChI=1S/C42H28N4/c1-3-14-29(15-4-1)31-18-11-19-32(28-31)34-22-12-26-39-40(34)44-42(45(39)37-24-9-7-20-33(37)30-16-5-2-6-17-30)46-38-25-10-8-21-35(38)36-23-13-27-43-41(36)46/h1-28H. The van der Waals surface area contributed by atoms with Gasteiger partial charge in [-0.1, -0.05) is 127 Å². The summed E-state index contributed by atoms with van der Waals surface area (Å²) in [6, 6.07) is 57.6. The molecule has 0 atom stereocenters. The van der Waals surface area contributed by atoms with E-state index in [0.717, 1.165) is 66.9 Å². The third-order valence-corrected chi connectivity index (χ3v) is 8.81. The van der Waals surface area contributed by atoms with Crippen LogP contribution in [-0.4, -0.2) is 19.1 Å². The van der Waals surface area contributed by atoms with Gasteiger partial charge in [0, 0.05) is 28.1 Å². The molecule has 0 saturated carbocycles. The van der Waals surface area contributed by atoms with Gasteiger partial charge in [0.15, 0.2) is 0 Å². The Balaban J connectivity index is 1.39. The second kappa shape index (κ2) is 10.7. The number of hydrogen-bond acceptors (Lipinski definition) is 2. The van der Waals surface area contributed by atoms with E-state index in [0.29, 0.717) is 0 Å². The van der Waals surface area contributed by atoms with Crippen molar-refractivity contribution < 1.29 is 0 Å². The fourth-order valence-corrected chi connectivity index (χ4v) is 6.73. The Morgan fingerprint density at radius 1 is 0.413 bits per heavy atom. The van der Waals surface area contributed by atoms with Crippen LogP contribution in [0, 0.1) is 0 Å². The smallest absolute Gasteiger partial charge is 0.221 e. The van der Waals surface area contributed by atoms with Crippen LogP contribution in [0.3, 0.4) is 0 Å². The maximum Gasteiger partial charge on any atom is 0.221 e. The average Bonchev–Trinajstić information content (AvgIpc) is 3.68. The molecular formula is C42H28N4. The van der Waals surface area contributed by atoms with E-state index in [4.69, 9.17) is 9.97 Å². The minimum atomic E-state index is 0.801. The van der Waals surface area contributed by atoms with Crippen LogP contribution in [0.4, 0.5) is 0 Å². The van der Waals surface area contributed by atoms with Gasteiger partial charge in [-0.15, -0.1) is 0 Å². The van der Waals surface area contributed by atoms with Crippen LogP contribution in [0.25, 0.3) is 78.0 Å². The third kappa shape index (κ3) is 4.15. The minimum absolute atomic E-state index is 0.801. The number of nitrogens with zero attached hydrogens (tertiary/aromatic N) is 4. The number of hydrogen-bond donors (Lipinski definition) is 0. The van der Waals surface area contributed by atoms with Crippen LogP contribution >= 0.6 is 0 Å². The van der Waals surface area contributed by atoms with Gasteiger partial charge in [-0.2, -0.15) is 0 Å². The van der Waals surface area contributed by atoms with Gasteiger partial charge in [-0.05, 0) is 58.7 Å². The minimum Gasteiger partial charge on any atom is -0.277 e. The van der Waals surface area contributed by atoms with Gasteiger partial charge in [0.1, 0.15) is 5.65 Å². The van der Waals surface area contributed by atoms with Crippen molar-refractivity contribution in [1.82, 2.24) is 19.1 Å². The molecule has 0 saturated heterocycles. The maximum atomic E-state index is 5.53.